The summed E-state index contributed by atoms with van der Waals surface area (Å²) in [6.07, 6.45) is 18.7. The van der Waals surface area contributed by atoms with Crippen molar-refractivity contribution in [3.05, 3.63) is 170 Å². The number of halogens is 3. The molecule has 0 atom stereocenters. The highest BCUT2D eigenvalue weighted by atomic mass is 127. The van der Waals surface area contributed by atoms with E-state index in [1.165, 1.54) is 72.7 Å². The van der Waals surface area contributed by atoms with E-state index in [1.54, 1.807) is 79.8 Å². The highest BCUT2D eigenvalue weighted by Crippen LogP contribution is 2.42. The van der Waals surface area contributed by atoms with E-state index in [-0.39, 0.29) is 40.7 Å². The lowest BCUT2D eigenvalue weighted by Crippen LogP contribution is -2.46. The minimum Gasteiger partial charge on any atom is -0.371 e. The van der Waals surface area contributed by atoms with Crippen LogP contribution in [0, 0.1) is 5.41 Å². The zero-order valence-electron chi connectivity index (χ0n) is 42.8. The Kier molecular flexibility index (Phi) is 18.6. The molecule has 6 aromatic heterocycles. The van der Waals surface area contributed by atoms with Crippen LogP contribution in [-0.4, -0.2) is 109 Å². The van der Waals surface area contributed by atoms with Crippen molar-refractivity contribution in [3.63, 3.8) is 0 Å². The van der Waals surface area contributed by atoms with Gasteiger partial charge in [-0.25, -0.2) is 48.3 Å². The summed E-state index contributed by atoms with van der Waals surface area (Å²) in [5, 5.41) is 10.2. The number of fused-ring (bicyclic) bond motifs is 3. The molecule has 1 spiro atoms. The van der Waals surface area contributed by atoms with Gasteiger partial charge in [0.2, 0.25) is 5.95 Å². The molecule has 8 heterocycles. The summed E-state index contributed by atoms with van der Waals surface area (Å²) in [6, 6.07) is 23.0. The first kappa shape index (κ1) is 56.7. The van der Waals surface area contributed by atoms with Crippen molar-refractivity contribution < 1.29 is 0 Å². The zero-order chi connectivity index (χ0) is 53.5. The van der Waals surface area contributed by atoms with Gasteiger partial charge in [-0.3, -0.25) is 19.5 Å². The number of hydrogen-bond acceptors (Lipinski definition) is 14. The molecule has 0 unspecified atom stereocenters. The lowest BCUT2D eigenvalue weighted by molar-refractivity contribution is 0.0945. The smallest absolute Gasteiger partial charge is 0.278 e. The van der Waals surface area contributed by atoms with Crippen LogP contribution >= 0.6 is 70.7 Å². The number of nitrogens with one attached hydrogen (secondary N) is 2. The standard InChI is InChI=1S/C30H34ClN7O.C15H13ClN4OS.C9H10N4OS.HI/c1-3-16-37-28(39)26-21-32-29(34-27(26)38(37)25-8-4-22(31)5-9-25)33-23-6-10-24(11-7-23)36-19-14-30(15-20-36)12-17-35(2)18-13-30;1-3-8-19-14(21)12-9-17-15(22-2)18-13(12)20(19)11-6-4-10(16)5-7-11;1-3-4-13-8(14)6-5-10-9(15-2)11-7(6)12-13;/h3-11,21H,1,12-20H2,2H3,(H,32,33,34);3-7,9H,1,8H2,2H3;3,5H,1,4H2,2H3,(H,10,11,12);1H. The van der Waals surface area contributed by atoms with Gasteiger partial charge in [0, 0.05) is 53.1 Å². The monoisotopic (exact) mass is 1230 g/mol. The van der Waals surface area contributed by atoms with Crippen LogP contribution in [0.1, 0.15) is 25.7 Å². The van der Waals surface area contributed by atoms with Crippen molar-refractivity contribution >= 4 is 121 Å². The molecule has 23 heteroatoms. The number of nitrogens with zero attached hydrogens (tertiary/aromatic N) is 13. The van der Waals surface area contributed by atoms with Crippen LogP contribution in [0.15, 0.2) is 154 Å². The van der Waals surface area contributed by atoms with Gasteiger partial charge in [-0.2, -0.15) is 4.98 Å². The molecule has 3 aromatic carbocycles. The number of anilines is 3. The molecular weight excluding hydrogens is 1170 g/mol. The Labute approximate surface area is 479 Å². The van der Waals surface area contributed by atoms with Crippen molar-refractivity contribution in [2.45, 2.75) is 55.6 Å². The molecule has 9 aromatic rings. The zero-order valence-corrected chi connectivity index (χ0v) is 48.3. The van der Waals surface area contributed by atoms with E-state index < -0.39 is 0 Å². The van der Waals surface area contributed by atoms with E-state index in [0.717, 1.165) is 30.2 Å². The number of piperidine rings is 2. The van der Waals surface area contributed by atoms with Gasteiger partial charge < -0.3 is 15.1 Å². The molecule has 2 fully saturated rings. The van der Waals surface area contributed by atoms with Crippen molar-refractivity contribution in [1.82, 2.24) is 63.3 Å². The Hall–Kier alpha value is -6.50. The van der Waals surface area contributed by atoms with Crippen molar-refractivity contribution in [3.8, 4) is 11.4 Å². The normalized spacial score (nSPS) is 14.1. The Balaban J connectivity index is 0.000000173. The number of benzene rings is 3. The number of hydrogen-bond donors (Lipinski definition) is 2. The topological polar surface area (TPSA) is 188 Å². The third-order valence-electron chi connectivity index (χ3n) is 13.6. The molecule has 2 N–H and O–H groups in total. The lowest BCUT2D eigenvalue weighted by atomic mass is 9.71. The predicted octanol–water partition coefficient (Wildman–Crippen LogP) is 10.3. The van der Waals surface area contributed by atoms with E-state index in [2.05, 4.69) is 96.2 Å². The second kappa shape index (κ2) is 25.3. The highest BCUT2D eigenvalue weighted by molar-refractivity contribution is 14.0. The molecule has 11 rings (SSSR count). The maximum Gasteiger partial charge on any atom is 0.278 e. The van der Waals surface area contributed by atoms with Gasteiger partial charge >= 0.3 is 0 Å². The third kappa shape index (κ3) is 12.4. The Morgan fingerprint density at radius 2 is 1.08 bits per heavy atom. The first-order valence-electron chi connectivity index (χ1n) is 24.5. The number of H-pyrrole nitrogens is 1. The van der Waals surface area contributed by atoms with E-state index in [4.69, 9.17) is 28.2 Å². The molecule has 18 nitrogen and oxygen atoms in total. The van der Waals surface area contributed by atoms with Gasteiger partial charge in [0.15, 0.2) is 27.3 Å². The summed E-state index contributed by atoms with van der Waals surface area (Å²) >= 11 is 14.9. The van der Waals surface area contributed by atoms with Crippen LogP contribution in [0.2, 0.25) is 10.0 Å². The second-order valence-electron chi connectivity index (χ2n) is 18.4. The number of aromatic nitrogens is 12. The molecule has 400 valence electrons. The molecule has 2 aliphatic rings. The highest BCUT2D eigenvalue weighted by Gasteiger charge is 2.37. The van der Waals surface area contributed by atoms with Crippen molar-refractivity contribution in [1.29, 1.82) is 0 Å². The number of likely N-dealkylation sites (tertiary alicyclic amines) is 1. The summed E-state index contributed by atoms with van der Waals surface area (Å²) in [7, 11) is 2.23. The van der Waals surface area contributed by atoms with E-state index in [9.17, 15) is 14.4 Å². The quantitative estimate of drug-likeness (QED) is 0.0480. The summed E-state index contributed by atoms with van der Waals surface area (Å²) in [4.78, 5) is 68.4. The maximum absolute atomic E-state index is 13.1. The van der Waals surface area contributed by atoms with Gasteiger partial charge in [-0.1, -0.05) is 65.0 Å². The summed E-state index contributed by atoms with van der Waals surface area (Å²) in [5.74, 6) is 0.427. The van der Waals surface area contributed by atoms with Gasteiger partial charge in [0.1, 0.15) is 16.2 Å². The van der Waals surface area contributed by atoms with Crippen LogP contribution in [0.3, 0.4) is 0 Å². The summed E-state index contributed by atoms with van der Waals surface area (Å²) in [5.41, 5.74) is 5.52. The first-order valence-corrected chi connectivity index (χ1v) is 27.7. The minimum absolute atomic E-state index is 0. The maximum atomic E-state index is 13.1. The van der Waals surface area contributed by atoms with E-state index in [0.29, 0.717) is 84.5 Å². The van der Waals surface area contributed by atoms with Crippen LogP contribution < -0.4 is 26.9 Å². The predicted molar refractivity (Wildman–Crippen MR) is 324 cm³/mol. The summed E-state index contributed by atoms with van der Waals surface area (Å²) in [6.45, 7) is 17.0. The molecule has 2 saturated heterocycles. The molecule has 2 aliphatic heterocycles. The minimum atomic E-state index is -0.167. The average Bonchev–Trinajstić information content (AvgIpc) is 4.04. The van der Waals surface area contributed by atoms with E-state index in [1.807, 2.05) is 36.8 Å². The van der Waals surface area contributed by atoms with Crippen LogP contribution in [0.4, 0.5) is 17.3 Å². The fourth-order valence-corrected chi connectivity index (χ4v) is 10.4. The fraction of sp³-hybridized carbons (Fsp3) is 0.278. The first-order chi connectivity index (χ1) is 36.9. The number of rotatable bonds is 13. The molecule has 0 bridgehead atoms. The van der Waals surface area contributed by atoms with Crippen molar-refractivity contribution in [2.24, 2.45) is 5.41 Å². The molecule has 77 heavy (non-hydrogen) atoms. The lowest BCUT2D eigenvalue weighted by Gasteiger charge is -2.46. The van der Waals surface area contributed by atoms with E-state index >= 15 is 0 Å². The Bertz CT molecular complexity index is 3720. The molecule has 0 amide bonds. The van der Waals surface area contributed by atoms with Crippen molar-refractivity contribution in [2.75, 3.05) is 56.0 Å². The Morgan fingerprint density at radius 3 is 1.60 bits per heavy atom. The van der Waals surface area contributed by atoms with Crippen LogP contribution in [0.5, 0.6) is 0 Å². The SMILES string of the molecule is C=CCn1[nH]c2nc(SC)ncc2c1=O.C=CCn1c(=O)c2cnc(Nc3ccc(N4CCC5(CCN(C)CC5)CC4)cc3)nc2n1-c1ccc(Cl)cc1.C=CCn1c(=O)c2cnc(SC)nc2n1-c1ccc(Cl)cc1.I. The number of allylic oxidation sites excluding steroid dienone is 3. The molecular formula is C54H58Cl2IN15O3S2. The average molecular weight is 1230 g/mol. The second-order valence-corrected chi connectivity index (χ2v) is 20.8. The molecule has 0 saturated carbocycles. The van der Waals surface area contributed by atoms with Gasteiger partial charge in [0.05, 0.1) is 31.0 Å². The third-order valence-corrected chi connectivity index (χ3v) is 15.2. The number of aromatic amines is 1. The fourth-order valence-electron chi connectivity index (χ4n) is 9.47. The van der Waals surface area contributed by atoms with Crippen LogP contribution in [-0.2, 0) is 19.6 Å². The van der Waals surface area contributed by atoms with Gasteiger partial charge in [-0.05, 0) is 137 Å². The summed E-state index contributed by atoms with van der Waals surface area (Å²) < 4.78 is 8.20. The van der Waals surface area contributed by atoms with Crippen LogP contribution in [0.25, 0.3) is 44.5 Å². The molecule has 0 aliphatic carbocycles. The molecule has 0 radical (unpaired) electrons. The van der Waals surface area contributed by atoms with Gasteiger partial charge in [0.25, 0.3) is 16.7 Å². The van der Waals surface area contributed by atoms with Gasteiger partial charge in [-0.15, -0.1) is 43.7 Å². The Morgan fingerprint density at radius 1 is 0.610 bits per heavy atom. The number of thioether (sulfide) groups is 2. The largest absolute Gasteiger partial charge is 0.371 e.